The molecule has 0 unspecified atom stereocenters. The molecule has 85 heavy (non-hydrogen) atoms. The van der Waals surface area contributed by atoms with Crippen molar-refractivity contribution in [1.82, 2.24) is 13.3 Å². The van der Waals surface area contributed by atoms with E-state index in [9.17, 15) is 0 Å². The molecular formula is C80H64N4S. The van der Waals surface area contributed by atoms with Crippen LogP contribution in [0.2, 0.25) is 0 Å². The third kappa shape index (κ3) is 10.3. The number of hydrogen-bond donors (Lipinski definition) is 0. The van der Waals surface area contributed by atoms with Crippen LogP contribution < -0.4 is 4.90 Å². The Kier molecular flexibility index (Phi) is 13.5. The first kappa shape index (κ1) is 53.1. The maximum atomic E-state index is 5.12. The SMILES string of the molecule is CC(C)(C)c1ccc2c(c1)c1cc(C(C)(C)C)ccc1n2-c1ccc(-c2ccc(N(c3ccc(-c4cc(-c5ccccc5)cc(-c5ccccc5)c4)cc3)c3ccc(-c4cc(-c5ccccc5)cc(-c5ccccc5)c4)cc3)c3nsnc23)cc1. The lowest BCUT2D eigenvalue weighted by Gasteiger charge is -2.26. The van der Waals surface area contributed by atoms with Crippen LogP contribution in [0.1, 0.15) is 52.7 Å². The van der Waals surface area contributed by atoms with Gasteiger partial charge in [0.25, 0.3) is 0 Å². The highest BCUT2D eigenvalue weighted by atomic mass is 32.1. The van der Waals surface area contributed by atoms with E-state index in [1.807, 2.05) is 0 Å². The molecule has 14 rings (SSSR count). The zero-order valence-corrected chi connectivity index (χ0v) is 49.6. The maximum absolute atomic E-state index is 5.12. The smallest absolute Gasteiger partial charge is 0.129 e. The Morgan fingerprint density at radius 3 is 1.01 bits per heavy atom. The van der Waals surface area contributed by atoms with Crippen molar-refractivity contribution in [3.05, 3.63) is 290 Å². The normalized spacial score (nSPS) is 11.9. The van der Waals surface area contributed by atoms with Crippen LogP contribution in [0.4, 0.5) is 17.1 Å². The standard InChI is InChI=1S/C80H64N4S/c1-79(2,3)66-33-42-74-72(51-66)73-52-67(80(4,5)6)34-43-75(73)84(74)70-39-31-59(32-40-70)71-41-44-76(78-77(71)81-85-82-78)83(68-35-27-57(28-36-68)64-47-60(53-19-11-7-12-20-53)45-61(48-64)54-21-13-8-14-22-54)69-37-29-58(30-38-69)65-49-62(55-23-15-9-16-24-55)46-63(50-65)56-25-17-10-18-26-56/h7-52H,1-6H3. The van der Waals surface area contributed by atoms with Crippen LogP contribution in [0.3, 0.4) is 0 Å². The molecule has 0 aliphatic carbocycles. The first-order valence-electron chi connectivity index (χ1n) is 29.4. The van der Waals surface area contributed by atoms with Crippen molar-refractivity contribution in [2.45, 2.75) is 52.4 Å². The fraction of sp³-hybridized carbons (Fsp3) is 0.100. The van der Waals surface area contributed by atoms with E-state index >= 15 is 0 Å². The van der Waals surface area contributed by atoms with E-state index in [1.165, 1.54) is 89.2 Å². The Morgan fingerprint density at radius 2 is 0.647 bits per heavy atom. The highest BCUT2D eigenvalue weighted by molar-refractivity contribution is 7.00. The van der Waals surface area contributed by atoms with Gasteiger partial charge < -0.3 is 9.47 Å². The Hall–Kier alpha value is -9.94. The fourth-order valence-electron chi connectivity index (χ4n) is 12.1. The van der Waals surface area contributed by atoms with Crippen LogP contribution in [0.25, 0.3) is 116 Å². The minimum Gasteiger partial charge on any atom is -0.309 e. The summed E-state index contributed by atoms with van der Waals surface area (Å²) in [6.45, 7) is 13.8. The molecular weight excluding hydrogens is 1050 g/mol. The molecule has 0 fully saturated rings. The largest absolute Gasteiger partial charge is 0.309 e. The second kappa shape index (κ2) is 21.7. The Bertz CT molecular complexity index is 4370. The highest BCUT2D eigenvalue weighted by Crippen LogP contribution is 2.45. The lowest BCUT2D eigenvalue weighted by Crippen LogP contribution is -2.10. The van der Waals surface area contributed by atoms with Gasteiger partial charge in [0.2, 0.25) is 0 Å². The summed E-state index contributed by atoms with van der Waals surface area (Å²) in [6.07, 6.45) is 0. The molecule has 14 aromatic rings. The van der Waals surface area contributed by atoms with E-state index < -0.39 is 0 Å². The predicted octanol–water partition coefficient (Wildman–Crippen LogP) is 22.5. The summed E-state index contributed by atoms with van der Waals surface area (Å²) in [5.41, 5.74) is 27.1. The zero-order chi connectivity index (χ0) is 57.8. The quantitative estimate of drug-likeness (QED) is 0.129. The van der Waals surface area contributed by atoms with Gasteiger partial charge in [0, 0.05) is 33.4 Å². The van der Waals surface area contributed by atoms with E-state index in [2.05, 4.69) is 330 Å². The summed E-state index contributed by atoms with van der Waals surface area (Å²) in [5.74, 6) is 0. The molecule has 12 aromatic carbocycles. The van der Waals surface area contributed by atoms with Crippen molar-refractivity contribution >= 4 is 61.6 Å². The highest BCUT2D eigenvalue weighted by Gasteiger charge is 2.24. The van der Waals surface area contributed by atoms with Crippen LogP contribution in [-0.2, 0) is 10.8 Å². The van der Waals surface area contributed by atoms with Crippen LogP contribution in [0.15, 0.2) is 279 Å². The fourth-order valence-corrected chi connectivity index (χ4v) is 12.7. The molecule has 4 nitrogen and oxygen atoms in total. The summed E-state index contributed by atoms with van der Waals surface area (Å²) in [6, 6.07) is 102. The number of benzene rings is 12. The van der Waals surface area contributed by atoms with Crippen LogP contribution in [0, 0.1) is 0 Å². The third-order valence-corrected chi connectivity index (χ3v) is 17.3. The monoisotopic (exact) mass is 1110 g/mol. The number of rotatable bonds is 11. The molecule has 0 spiro atoms. The summed E-state index contributed by atoms with van der Waals surface area (Å²) in [5, 5.41) is 2.56. The van der Waals surface area contributed by atoms with Gasteiger partial charge in [0.15, 0.2) is 0 Å². The third-order valence-electron chi connectivity index (χ3n) is 16.8. The van der Waals surface area contributed by atoms with Gasteiger partial charge in [-0.15, -0.1) is 0 Å². The average molecular weight is 1110 g/mol. The van der Waals surface area contributed by atoms with Crippen LogP contribution in [-0.4, -0.2) is 13.3 Å². The zero-order valence-electron chi connectivity index (χ0n) is 48.8. The van der Waals surface area contributed by atoms with Crippen molar-refractivity contribution in [1.29, 1.82) is 0 Å². The van der Waals surface area contributed by atoms with Gasteiger partial charge in [-0.05, 0) is 203 Å². The van der Waals surface area contributed by atoms with E-state index in [0.717, 1.165) is 67.2 Å². The molecule has 410 valence electrons. The predicted molar refractivity (Wildman–Crippen MR) is 362 cm³/mol. The van der Waals surface area contributed by atoms with Gasteiger partial charge in [-0.2, -0.15) is 8.75 Å². The summed E-state index contributed by atoms with van der Waals surface area (Å²) in [7, 11) is 0. The van der Waals surface area contributed by atoms with Gasteiger partial charge in [-0.3, -0.25) is 0 Å². The summed E-state index contributed by atoms with van der Waals surface area (Å²) >= 11 is 1.26. The molecule has 5 heteroatoms. The van der Waals surface area contributed by atoms with E-state index in [-0.39, 0.29) is 10.8 Å². The van der Waals surface area contributed by atoms with Crippen molar-refractivity contribution < 1.29 is 0 Å². The van der Waals surface area contributed by atoms with Crippen molar-refractivity contribution in [2.75, 3.05) is 4.90 Å². The molecule has 0 amide bonds. The first-order chi connectivity index (χ1) is 41.4. The molecule has 0 saturated carbocycles. The van der Waals surface area contributed by atoms with E-state index in [4.69, 9.17) is 8.75 Å². The van der Waals surface area contributed by atoms with Crippen LogP contribution in [0.5, 0.6) is 0 Å². The summed E-state index contributed by atoms with van der Waals surface area (Å²) in [4.78, 5) is 2.34. The number of aromatic nitrogens is 3. The lowest BCUT2D eigenvalue weighted by atomic mass is 9.85. The molecule has 0 saturated heterocycles. The Balaban J connectivity index is 0.871. The molecule has 0 atom stereocenters. The molecule has 0 radical (unpaired) electrons. The number of nitrogens with zero attached hydrogens (tertiary/aromatic N) is 4. The molecule has 0 bridgehead atoms. The Morgan fingerprint density at radius 1 is 0.306 bits per heavy atom. The molecule has 0 N–H and O–H groups in total. The van der Waals surface area contributed by atoms with Crippen molar-refractivity contribution in [3.8, 4) is 83.6 Å². The van der Waals surface area contributed by atoms with Gasteiger partial charge >= 0.3 is 0 Å². The first-order valence-corrected chi connectivity index (χ1v) is 30.1. The topological polar surface area (TPSA) is 34.0 Å². The lowest BCUT2D eigenvalue weighted by molar-refractivity contribution is 0.590. The summed E-state index contributed by atoms with van der Waals surface area (Å²) < 4.78 is 12.6. The molecule has 2 aromatic heterocycles. The van der Waals surface area contributed by atoms with Gasteiger partial charge in [-0.1, -0.05) is 211 Å². The Labute approximate surface area is 503 Å². The van der Waals surface area contributed by atoms with Crippen molar-refractivity contribution in [2.24, 2.45) is 0 Å². The molecule has 0 aliphatic heterocycles. The van der Waals surface area contributed by atoms with Gasteiger partial charge in [-0.25, -0.2) is 0 Å². The number of fused-ring (bicyclic) bond motifs is 4. The second-order valence-electron chi connectivity index (χ2n) is 24.4. The average Bonchev–Trinajstić information content (AvgIpc) is 2.12. The number of hydrogen-bond acceptors (Lipinski definition) is 4. The minimum atomic E-state index is 0.0251. The molecule has 0 aliphatic rings. The van der Waals surface area contributed by atoms with E-state index in [1.54, 1.807) is 0 Å². The maximum Gasteiger partial charge on any atom is 0.129 e. The van der Waals surface area contributed by atoms with Crippen LogP contribution >= 0.6 is 11.7 Å². The second-order valence-corrected chi connectivity index (χ2v) is 25.0. The van der Waals surface area contributed by atoms with Crippen molar-refractivity contribution in [3.63, 3.8) is 0 Å². The number of anilines is 3. The van der Waals surface area contributed by atoms with Gasteiger partial charge in [0.1, 0.15) is 11.0 Å². The minimum absolute atomic E-state index is 0.0251. The van der Waals surface area contributed by atoms with E-state index in [0.29, 0.717) is 0 Å². The van der Waals surface area contributed by atoms with Gasteiger partial charge in [0.05, 0.1) is 28.4 Å². The molecule has 2 heterocycles.